The van der Waals surface area contributed by atoms with E-state index in [2.05, 4.69) is 4.98 Å². The van der Waals surface area contributed by atoms with E-state index in [-0.39, 0.29) is 11.5 Å². The molecule has 4 atom stereocenters. The van der Waals surface area contributed by atoms with Crippen molar-refractivity contribution in [3.05, 3.63) is 33.2 Å². The average Bonchev–Trinajstić information content (AvgIpc) is 3.10. The van der Waals surface area contributed by atoms with Crippen molar-refractivity contribution in [2.45, 2.75) is 33.1 Å². The molecule has 4 heteroatoms. The fourth-order valence-corrected chi connectivity index (χ4v) is 5.13. The maximum atomic E-state index is 12.8. The second-order valence-corrected chi connectivity index (χ2v) is 7.21. The first kappa shape index (κ1) is 13.1. The topological polar surface area (TPSA) is 53.2 Å². The highest BCUT2D eigenvalue weighted by Gasteiger charge is 2.52. The van der Waals surface area contributed by atoms with Crippen LogP contribution in [0, 0.1) is 37.5 Å². The van der Waals surface area contributed by atoms with Crippen LogP contribution in [-0.2, 0) is 0 Å². The zero-order chi connectivity index (χ0) is 14.7. The van der Waals surface area contributed by atoms with E-state index >= 15 is 0 Å². The van der Waals surface area contributed by atoms with Gasteiger partial charge in [0.15, 0.2) is 0 Å². The highest BCUT2D eigenvalue weighted by molar-refractivity contribution is 5.95. The van der Waals surface area contributed by atoms with Crippen LogP contribution in [0.2, 0.25) is 0 Å². The molecule has 1 aromatic heterocycles. The molecule has 2 saturated carbocycles. The average molecular weight is 286 g/mol. The number of pyridine rings is 1. The summed E-state index contributed by atoms with van der Waals surface area (Å²) in [5.74, 6) is 2.98. The molecule has 0 radical (unpaired) electrons. The van der Waals surface area contributed by atoms with E-state index in [0.717, 1.165) is 36.2 Å². The molecule has 3 fully saturated rings. The number of nitrogens with zero attached hydrogens (tertiary/aromatic N) is 1. The van der Waals surface area contributed by atoms with Gasteiger partial charge in [0, 0.05) is 18.8 Å². The lowest BCUT2D eigenvalue weighted by molar-refractivity contribution is 0.0773. The lowest BCUT2D eigenvalue weighted by Gasteiger charge is -2.22. The Balaban J connectivity index is 1.61. The molecule has 1 aromatic rings. The number of hydrogen-bond acceptors (Lipinski definition) is 2. The number of likely N-dealkylation sites (tertiary alicyclic amines) is 1. The van der Waals surface area contributed by atoms with Crippen molar-refractivity contribution in [3.63, 3.8) is 0 Å². The molecule has 4 nitrogen and oxygen atoms in total. The Labute approximate surface area is 124 Å². The molecule has 112 valence electrons. The van der Waals surface area contributed by atoms with Crippen LogP contribution in [0.4, 0.5) is 0 Å². The summed E-state index contributed by atoms with van der Waals surface area (Å²) in [5.41, 5.74) is 1.71. The Morgan fingerprint density at radius 3 is 2.38 bits per heavy atom. The third kappa shape index (κ3) is 1.88. The first-order chi connectivity index (χ1) is 10.0. The summed E-state index contributed by atoms with van der Waals surface area (Å²) in [5, 5.41) is 0. The van der Waals surface area contributed by atoms with Gasteiger partial charge in [-0.3, -0.25) is 9.59 Å². The van der Waals surface area contributed by atoms with Crippen molar-refractivity contribution in [2.75, 3.05) is 13.1 Å². The molecule has 1 aliphatic heterocycles. The zero-order valence-corrected chi connectivity index (χ0v) is 12.7. The Kier molecular flexibility index (Phi) is 2.78. The number of aryl methyl sites for hydroxylation is 2. The van der Waals surface area contributed by atoms with Crippen LogP contribution >= 0.6 is 0 Å². The third-order valence-electron chi connectivity index (χ3n) is 6.00. The molecule has 1 N–H and O–H groups in total. The monoisotopic (exact) mass is 286 g/mol. The van der Waals surface area contributed by atoms with E-state index in [1.54, 1.807) is 0 Å². The maximum absolute atomic E-state index is 12.8. The van der Waals surface area contributed by atoms with Crippen molar-refractivity contribution in [2.24, 2.45) is 23.7 Å². The van der Waals surface area contributed by atoms with E-state index in [0.29, 0.717) is 17.4 Å². The van der Waals surface area contributed by atoms with Crippen LogP contribution < -0.4 is 5.56 Å². The van der Waals surface area contributed by atoms with Crippen LogP contribution in [0.1, 0.15) is 40.9 Å². The number of carbonyl (C=O) groups excluding carboxylic acids is 1. The van der Waals surface area contributed by atoms with Gasteiger partial charge in [0.1, 0.15) is 5.56 Å². The normalized spacial score (nSPS) is 33.5. The van der Waals surface area contributed by atoms with Crippen molar-refractivity contribution < 1.29 is 4.79 Å². The number of carbonyl (C=O) groups is 1. The molecule has 1 saturated heterocycles. The summed E-state index contributed by atoms with van der Waals surface area (Å²) in [6, 6.07) is 1.88. The number of aromatic amines is 1. The Morgan fingerprint density at radius 1 is 1.19 bits per heavy atom. The highest BCUT2D eigenvalue weighted by atomic mass is 16.2. The fourth-order valence-electron chi connectivity index (χ4n) is 5.13. The lowest BCUT2D eigenvalue weighted by Crippen LogP contribution is -2.35. The summed E-state index contributed by atoms with van der Waals surface area (Å²) in [7, 11) is 0. The van der Waals surface area contributed by atoms with Crippen LogP contribution in [0.5, 0.6) is 0 Å². The van der Waals surface area contributed by atoms with Crippen LogP contribution in [0.3, 0.4) is 0 Å². The highest BCUT2D eigenvalue weighted by Crippen LogP contribution is 2.55. The van der Waals surface area contributed by atoms with Gasteiger partial charge >= 0.3 is 0 Å². The van der Waals surface area contributed by atoms with Gasteiger partial charge in [-0.15, -0.1) is 0 Å². The zero-order valence-electron chi connectivity index (χ0n) is 12.7. The van der Waals surface area contributed by atoms with Gasteiger partial charge in [-0.05, 0) is 68.4 Å². The summed E-state index contributed by atoms with van der Waals surface area (Å²) < 4.78 is 0. The van der Waals surface area contributed by atoms with Gasteiger partial charge in [0.25, 0.3) is 11.5 Å². The molecule has 0 unspecified atom stereocenters. The molecular weight excluding hydrogens is 264 g/mol. The summed E-state index contributed by atoms with van der Waals surface area (Å²) in [4.78, 5) is 29.6. The smallest absolute Gasteiger partial charge is 0.261 e. The summed E-state index contributed by atoms with van der Waals surface area (Å²) >= 11 is 0. The largest absolute Gasteiger partial charge is 0.338 e. The van der Waals surface area contributed by atoms with E-state index in [1.807, 2.05) is 24.8 Å². The van der Waals surface area contributed by atoms with Crippen LogP contribution in [0.25, 0.3) is 0 Å². The van der Waals surface area contributed by atoms with Gasteiger partial charge < -0.3 is 9.88 Å². The fraction of sp³-hybridized carbons (Fsp3) is 0.647. The second-order valence-electron chi connectivity index (χ2n) is 7.21. The number of hydrogen-bond donors (Lipinski definition) is 1. The molecule has 0 aromatic carbocycles. The molecule has 21 heavy (non-hydrogen) atoms. The van der Waals surface area contributed by atoms with Crippen molar-refractivity contribution in [1.82, 2.24) is 9.88 Å². The molecular formula is C17H22N2O2. The molecule has 2 bridgehead atoms. The molecule has 2 heterocycles. The van der Waals surface area contributed by atoms with Crippen molar-refractivity contribution in [3.8, 4) is 0 Å². The van der Waals surface area contributed by atoms with E-state index in [9.17, 15) is 9.59 Å². The Morgan fingerprint density at radius 2 is 1.81 bits per heavy atom. The maximum Gasteiger partial charge on any atom is 0.261 e. The van der Waals surface area contributed by atoms with Gasteiger partial charge in [-0.2, -0.15) is 0 Å². The van der Waals surface area contributed by atoms with E-state index in [4.69, 9.17) is 0 Å². The van der Waals surface area contributed by atoms with E-state index in [1.165, 1.54) is 19.3 Å². The predicted octanol–water partition coefficient (Wildman–Crippen LogP) is 2.11. The van der Waals surface area contributed by atoms with E-state index < -0.39 is 0 Å². The van der Waals surface area contributed by atoms with Crippen LogP contribution in [-0.4, -0.2) is 28.9 Å². The number of amides is 1. The molecule has 3 aliphatic rings. The first-order valence-electron chi connectivity index (χ1n) is 8.04. The van der Waals surface area contributed by atoms with Gasteiger partial charge in [0.05, 0.1) is 0 Å². The van der Waals surface area contributed by atoms with Gasteiger partial charge in [-0.25, -0.2) is 0 Å². The lowest BCUT2D eigenvalue weighted by atomic mass is 9.82. The number of nitrogens with one attached hydrogen (secondary N) is 1. The number of aromatic nitrogens is 1. The molecule has 0 spiro atoms. The van der Waals surface area contributed by atoms with Crippen LogP contribution in [0.15, 0.2) is 10.9 Å². The third-order valence-corrected chi connectivity index (χ3v) is 6.00. The minimum atomic E-state index is -0.238. The molecule has 1 amide bonds. The second kappa shape index (κ2) is 4.46. The molecule has 2 aliphatic carbocycles. The summed E-state index contributed by atoms with van der Waals surface area (Å²) in [6.07, 6.45) is 4.07. The summed E-state index contributed by atoms with van der Waals surface area (Å²) in [6.45, 7) is 5.42. The minimum Gasteiger partial charge on any atom is -0.338 e. The SMILES string of the molecule is Cc1cc(C)c(C(=O)N2C[C@@H]3[C@@H]4CC[C@@H](C4)[C@@H]3C2)c(=O)[nH]1. The Hall–Kier alpha value is -1.58. The first-order valence-corrected chi connectivity index (χ1v) is 8.04. The molecule has 4 rings (SSSR count). The number of fused-ring (bicyclic) bond motifs is 5. The van der Waals surface area contributed by atoms with Gasteiger partial charge in [0.2, 0.25) is 0 Å². The standard InChI is InChI=1S/C17H22N2O2/c1-9-5-10(2)18-16(20)15(9)17(21)19-7-13-11-3-4-12(6-11)14(13)8-19/h5,11-14H,3-4,6-8H2,1-2H3,(H,18,20)/t11-,12+,13-,14+. The minimum absolute atomic E-state index is 0.0671. The number of rotatable bonds is 1. The number of H-pyrrole nitrogens is 1. The van der Waals surface area contributed by atoms with Crippen molar-refractivity contribution in [1.29, 1.82) is 0 Å². The van der Waals surface area contributed by atoms with Crippen molar-refractivity contribution >= 4 is 5.91 Å². The van der Waals surface area contributed by atoms with Gasteiger partial charge in [-0.1, -0.05) is 0 Å². The quantitative estimate of drug-likeness (QED) is 0.859. The predicted molar refractivity (Wildman–Crippen MR) is 80.3 cm³/mol. The Bertz CT molecular complexity index is 645.